The van der Waals surface area contributed by atoms with Gasteiger partial charge in [0.2, 0.25) is 0 Å². The van der Waals surface area contributed by atoms with Crippen LogP contribution in [-0.4, -0.2) is 19.2 Å². The Morgan fingerprint density at radius 1 is 0.957 bits per heavy atom. The monoisotopic (exact) mass is 378 g/mol. The molecule has 0 heterocycles. The van der Waals surface area contributed by atoms with Crippen LogP contribution in [0.25, 0.3) is 0 Å². The van der Waals surface area contributed by atoms with Crippen LogP contribution < -0.4 is 20.1 Å². The lowest BCUT2D eigenvalue weighted by Crippen LogP contribution is -2.19. The molecule has 5 nitrogen and oxygen atoms in total. The number of urea groups is 1. The zero-order valence-electron chi connectivity index (χ0n) is 13.1. The van der Waals surface area contributed by atoms with Gasteiger partial charge in [-0.2, -0.15) is 0 Å². The average Bonchev–Trinajstić information content (AvgIpc) is 2.50. The van der Waals surface area contributed by atoms with E-state index >= 15 is 0 Å². The maximum absolute atomic E-state index is 12.1. The van der Waals surface area contributed by atoms with E-state index in [1.165, 1.54) is 0 Å². The van der Waals surface area contributed by atoms with E-state index in [1.807, 2.05) is 38.1 Å². The lowest BCUT2D eigenvalue weighted by atomic mass is 10.2. The summed E-state index contributed by atoms with van der Waals surface area (Å²) in [6, 6.07) is 12.4. The predicted molar refractivity (Wildman–Crippen MR) is 95.6 cm³/mol. The Hall–Kier alpha value is -2.21. The fourth-order valence-electron chi connectivity index (χ4n) is 1.99. The highest BCUT2D eigenvalue weighted by atomic mass is 79.9. The Bertz CT molecular complexity index is 677. The van der Waals surface area contributed by atoms with Crippen LogP contribution in [0.4, 0.5) is 16.2 Å². The molecule has 0 aromatic heterocycles. The molecule has 0 atom stereocenters. The zero-order valence-corrected chi connectivity index (χ0v) is 14.6. The molecule has 0 aliphatic heterocycles. The molecule has 0 saturated carbocycles. The van der Waals surface area contributed by atoms with Crippen LogP contribution in [0.1, 0.15) is 13.8 Å². The average molecular weight is 379 g/mol. The predicted octanol–water partition coefficient (Wildman–Crippen LogP) is 4.89. The molecule has 2 aromatic rings. The minimum absolute atomic E-state index is 0.324. The molecule has 0 bridgehead atoms. The van der Waals surface area contributed by atoms with E-state index in [4.69, 9.17) is 9.47 Å². The molecule has 122 valence electrons. The van der Waals surface area contributed by atoms with Crippen LogP contribution in [0.5, 0.6) is 11.5 Å². The Morgan fingerprint density at radius 2 is 1.61 bits per heavy atom. The number of hydrogen-bond donors (Lipinski definition) is 2. The van der Waals surface area contributed by atoms with Gasteiger partial charge in [-0.1, -0.05) is 22.0 Å². The van der Waals surface area contributed by atoms with Gasteiger partial charge >= 0.3 is 6.03 Å². The van der Waals surface area contributed by atoms with Crippen molar-refractivity contribution in [3.8, 4) is 11.5 Å². The molecule has 23 heavy (non-hydrogen) atoms. The molecular formula is C17H19BrN2O3. The normalized spacial score (nSPS) is 10.0. The fourth-order valence-corrected chi connectivity index (χ4v) is 2.39. The van der Waals surface area contributed by atoms with Gasteiger partial charge in [-0.05, 0) is 44.2 Å². The minimum Gasteiger partial charge on any atom is -0.490 e. The number of benzene rings is 2. The summed E-state index contributed by atoms with van der Waals surface area (Å²) >= 11 is 3.37. The molecule has 2 amide bonds. The van der Waals surface area contributed by atoms with Crippen LogP contribution in [0.2, 0.25) is 0 Å². The molecule has 0 saturated heterocycles. The second-order valence-electron chi connectivity index (χ2n) is 4.62. The van der Waals surface area contributed by atoms with Gasteiger partial charge in [0, 0.05) is 21.9 Å². The molecular weight excluding hydrogens is 360 g/mol. The number of hydrogen-bond acceptors (Lipinski definition) is 3. The highest BCUT2D eigenvalue weighted by molar-refractivity contribution is 9.10. The van der Waals surface area contributed by atoms with Gasteiger partial charge in [-0.15, -0.1) is 0 Å². The molecule has 2 rings (SSSR count). The summed E-state index contributed by atoms with van der Waals surface area (Å²) in [7, 11) is 0. The fraction of sp³-hybridized carbons (Fsp3) is 0.235. The Kier molecular flexibility index (Phi) is 6.29. The van der Waals surface area contributed by atoms with Gasteiger partial charge < -0.3 is 20.1 Å². The summed E-state index contributed by atoms with van der Waals surface area (Å²) in [6.45, 7) is 4.88. The number of amides is 2. The molecule has 0 aliphatic rings. The van der Waals surface area contributed by atoms with Gasteiger partial charge in [-0.25, -0.2) is 4.79 Å². The zero-order chi connectivity index (χ0) is 16.7. The molecule has 2 aromatic carbocycles. The van der Waals surface area contributed by atoms with Crippen molar-refractivity contribution in [2.24, 2.45) is 0 Å². The van der Waals surface area contributed by atoms with E-state index in [-0.39, 0.29) is 6.03 Å². The van der Waals surface area contributed by atoms with Crippen molar-refractivity contribution in [3.63, 3.8) is 0 Å². The van der Waals surface area contributed by atoms with Crippen molar-refractivity contribution >= 4 is 33.3 Å². The third kappa shape index (κ3) is 5.17. The van der Waals surface area contributed by atoms with Crippen LogP contribution in [0, 0.1) is 0 Å². The van der Waals surface area contributed by atoms with Crippen molar-refractivity contribution < 1.29 is 14.3 Å². The topological polar surface area (TPSA) is 59.6 Å². The third-order valence-corrected chi connectivity index (χ3v) is 3.38. The van der Waals surface area contributed by atoms with E-state index in [0.717, 1.165) is 4.47 Å². The smallest absolute Gasteiger partial charge is 0.323 e. The van der Waals surface area contributed by atoms with Crippen molar-refractivity contribution in [2.45, 2.75) is 13.8 Å². The summed E-state index contributed by atoms with van der Waals surface area (Å²) in [5, 5.41) is 5.55. The number of halogens is 1. The molecule has 0 fully saturated rings. The second-order valence-corrected chi connectivity index (χ2v) is 5.53. The van der Waals surface area contributed by atoms with Crippen molar-refractivity contribution in [2.75, 3.05) is 23.8 Å². The lowest BCUT2D eigenvalue weighted by Gasteiger charge is -2.13. The van der Waals surface area contributed by atoms with Crippen LogP contribution in [0.15, 0.2) is 46.9 Å². The third-order valence-electron chi connectivity index (χ3n) is 2.88. The molecule has 6 heteroatoms. The summed E-state index contributed by atoms with van der Waals surface area (Å²) in [6.07, 6.45) is 0. The summed E-state index contributed by atoms with van der Waals surface area (Å²) < 4.78 is 11.9. The van der Waals surface area contributed by atoms with Crippen molar-refractivity contribution in [1.29, 1.82) is 0 Å². The van der Waals surface area contributed by atoms with E-state index in [1.54, 1.807) is 18.2 Å². The molecule has 0 radical (unpaired) electrons. The summed E-state index contributed by atoms with van der Waals surface area (Å²) in [5.74, 6) is 1.27. The number of nitrogens with one attached hydrogen (secondary N) is 2. The maximum Gasteiger partial charge on any atom is 0.323 e. The van der Waals surface area contributed by atoms with E-state index in [2.05, 4.69) is 26.6 Å². The number of carbonyl (C=O) groups is 1. The SMILES string of the molecule is CCOc1ccc(NC(=O)Nc2cccc(Br)c2)cc1OCC. The van der Waals surface area contributed by atoms with Gasteiger partial charge in [0.05, 0.1) is 13.2 Å². The van der Waals surface area contributed by atoms with E-state index in [0.29, 0.717) is 36.1 Å². The quantitative estimate of drug-likeness (QED) is 0.751. The molecule has 0 aliphatic carbocycles. The van der Waals surface area contributed by atoms with Gasteiger partial charge in [-0.3, -0.25) is 0 Å². The molecule has 0 spiro atoms. The van der Waals surface area contributed by atoms with Gasteiger partial charge in [0.25, 0.3) is 0 Å². The standard InChI is InChI=1S/C17H19BrN2O3/c1-3-22-15-9-8-14(11-16(15)23-4-2)20-17(21)19-13-7-5-6-12(18)10-13/h5-11H,3-4H2,1-2H3,(H2,19,20,21). The summed E-state index contributed by atoms with van der Waals surface area (Å²) in [4.78, 5) is 12.1. The van der Waals surface area contributed by atoms with Crippen molar-refractivity contribution in [3.05, 3.63) is 46.9 Å². The Balaban J connectivity index is 2.06. The lowest BCUT2D eigenvalue weighted by molar-refractivity contribution is 0.262. The Morgan fingerprint density at radius 3 is 2.26 bits per heavy atom. The van der Waals surface area contributed by atoms with E-state index < -0.39 is 0 Å². The highest BCUT2D eigenvalue weighted by Gasteiger charge is 2.08. The minimum atomic E-state index is -0.324. The van der Waals surface area contributed by atoms with Gasteiger partial charge in [0.15, 0.2) is 11.5 Å². The van der Waals surface area contributed by atoms with E-state index in [9.17, 15) is 4.79 Å². The maximum atomic E-state index is 12.1. The van der Waals surface area contributed by atoms with Crippen LogP contribution >= 0.6 is 15.9 Å². The highest BCUT2D eigenvalue weighted by Crippen LogP contribution is 2.30. The number of ether oxygens (including phenoxy) is 2. The first-order valence-corrected chi connectivity index (χ1v) is 8.15. The van der Waals surface area contributed by atoms with Gasteiger partial charge in [0.1, 0.15) is 0 Å². The first-order valence-electron chi connectivity index (χ1n) is 7.35. The molecule has 2 N–H and O–H groups in total. The number of rotatable bonds is 6. The Labute approximate surface area is 144 Å². The number of carbonyl (C=O) groups excluding carboxylic acids is 1. The second kappa shape index (κ2) is 8.43. The largest absolute Gasteiger partial charge is 0.490 e. The molecule has 0 unspecified atom stereocenters. The first-order chi connectivity index (χ1) is 11.1. The van der Waals surface area contributed by atoms with Crippen molar-refractivity contribution in [1.82, 2.24) is 0 Å². The number of anilines is 2. The first kappa shape index (κ1) is 17.1. The summed E-state index contributed by atoms with van der Waals surface area (Å²) in [5.41, 5.74) is 1.33. The van der Waals surface area contributed by atoms with Crippen LogP contribution in [0.3, 0.4) is 0 Å². The van der Waals surface area contributed by atoms with Crippen LogP contribution in [-0.2, 0) is 0 Å².